The Morgan fingerprint density at radius 1 is 1.33 bits per heavy atom. The van der Waals surface area contributed by atoms with Crippen LogP contribution in [0, 0.1) is 19.3 Å². The minimum Gasteiger partial charge on any atom is -0.507 e. The molecular weight excluding hydrogens is 242 g/mol. The van der Waals surface area contributed by atoms with Crippen molar-refractivity contribution in [1.29, 1.82) is 0 Å². The van der Waals surface area contributed by atoms with Gasteiger partial charge in [0.05, 0.1) is 0 Å². The number of aryl methyl sites for hydroxylation is 1. The van der Waals surface area contributed by atoms with Gasteiger partial charge in [0.15, 0.2) is 0 Å². The Morgan fingerprint density at radius 3 is 2.72 bits per heavy atom. The van der Waals surface area contributed by atoms with Gasteiger partial charge < -0.3 is 10.4 Å². The molecule has 0 spiro atoms. The van der Waals surface area contributed by atoms with Crippen LogP contribution < -0.4 is 5.32 Å². The lowest BCUT2D eigenvalue weighted by Crippen LogP contribution is -2.41. The number of nitrogens with one attached hydrogen (secondary N) is 1. The van der Waals surface area contributed by atoms with Crippen molar-refractivity contribution < 1.29 is 5.11 Å². The van der Waals surface area contributed by atoms with Crippen molar-refractivity contribution in [2.45, 2.75) is 40.2 Å². The molecule has 18 heavy (non-hydrogen) atoms. The molecule has 3 heteroatoms. The molecule has 2 nitrogen and oxygen atoms in total. The number of rotatable bonds is 2. The molecule has 0 aliphatic carbocycles. The largest absolute Gasteiger partial charge is 0.507 e. The number of benzene rings is 1. The second-order valence-corrected chi connectivity index (χ2v) is 7.06. The van der Waals surface area contributed by atoms with E-state index in [1.165, 1.54) is 12.2 Å². The topological polar surface area (TPSA) is 32.3 Å². The van der Waals surface area contributed by atoms with Crippen LogP contribution in [0.1, 0.15) is 31.4 Å². The maximum Gasteiger partial charge on any atom is 0.123 e. The molecule has 1 heterocycles. The fourth-order valence-corrected chi connectivity index (χ4v) is 3.96. The van der Waals surface area contributed by atoms with Gasteiger partial charge in [-0.25, -0.2) is 0 Å². The smallest absolute Gasteiger partial charge is 0.123 e. The van der Waals surface area contributed by atoms with Gasteiger partial charge in [0.2, 0.25) is 0 Å². The van der Waals surface area contributed by atoms with Crippen molar-refractivity contribution in [2.24, 2.45) is 5.41 Å². The van der Waals surface area contributed by atoms with Crippen LogP contribution in [0.3, 0.4) is 0 Å². The minimum atomic E-state index is 0.318. The van der Waals surface area contributed by atoms with E-state index in [1.807, 2.05) is 31.7 Å². The quantitative estimate of drug-likeness (QED) is 0.849. The number of hydrogen-bond donors (Lipinski definition) is 2. The number of phenolic OH excluding ortho intramolecular Hbond substituents is 1. The third kappa shape index (κ3) is 2.61. The Hall–Kier alpha value is -0.830. The highest BCUT2D eigenvalue weighted by Gasteiger charge is 2.32. The van der Waals surface area contributed by atoms with Gasteiger partial charge in [0.1, 0.15) is 5.75 Å². The molecule has 1 fully saturated rings. The van der Waals surface area contributed by atoms with Crippen molar-refractivity contribution >= 4 is 17.4 Å². The average Bonchev–Trinajstić information content (AvgIpc) is 2.32. The molecule has 1 aromatic carbocycles. The monoisotopic (exact) mass is 265 g/mol. The van der Waals surface area contributed by atoms with E-state index in [9.17, 15) is 5.11 Å². The molecule has 0 aromatic heterocycles. The van der Waals surface area contributed by atoms with Crippen LogP contribution in [0.4, 0.5) is 5.69 Å². The van der Waals surface area contributed by atoms with Gasteiger partial charge in [-0.05, 0) is 43.1 Å². The number of thioether (sulfide) groups is 1. The van der Waals surface area contributed by atoms with Gasteiger partial charge in [0, 0.05) is 23.0 Å². The molecule has 0 bridgehead atoms. The SMILES string of the molecule is Cc1ccc(NC2CSCCC2(C)C)c(C)c1O. The average molecular weight is 265 g/mol. The highest BCUT2D eigenvalue weighted by Crippen LogP contribution is 2.37. The minimum absolute atomic E-state index is 0.318. The molecule has 0 amide bonds. The molecule has 2 N–H and O–H groups in total. The van der Waals surface area contributed by atoms with E-state index < -0.39 is 0 Å². The first-order chi connectivity index (χ1) is 8.42. The molecule has 100 valence electrons. The van der Waals surface area contributed by atoms with Crippen LogP contribution in [0.25, 0.3) is 0 Å². The van der Waals surface area contributed by atoms with Crippen LogP contribution in [-0.4, -0.2) is 22.7 Å². The number of anilines is 1. The summed E-state index contributed by atoms with van der Waals surface area (Å²) in [5.41, 5.74) is 3.29. The summed E-state index contributed by atoms with van der Waals surface area (Å²) < 4.78 is 0. The molecular formula is C15H23NOS. The number of aromatic hydroxyl groups is 1. The van der Waals surface area contributed by atoms with Crippen molar-refractivity contribution in [1.82, 2.24) is 0 Å². The van der Waals surface area contributed by atoms with E-state index in [0.29, 0.717) is 17.2 Å². The molecule has 1 atom stereocenters. The van der Waals surface area contributed by atoms with Gasteiger partial charge in [0.25, 0.3) is 0 Å². The Bertz CT molecular complexity index is 442. The van der Waals surface area contributed by atoms with Crippen LogP contribution in [0.5, 0.6) is 5.75 Å². The van der Waals surface area contributed by atoms with Crippen LogP contribution in [0.2, 0.25) is 0 Å². The highest BCUT2D eigenvalue weighted by atomic mass is 32.2. The zero-order valence-electron chi connectivity index (χ0n) is 11.7. The van der Waals surface area contributed by atoms with Crippen molar-refractivity contribution in [3.8, 4) is 5.75 Å². The molecule has 1 saturated heterocycles. The predicted molar refractivity (Wildman–Crippen MR) is 80.7 cm³/mol. The van der Waals surface area contributed by atoms with Crippen LogP contribution in [-0.2, 0) is 0 Å². The van der Waals surface area contributed by atoms with E-state index in [2.05, 4.69) is 25.2 Å². The zero-order valence-corrected chi connectivity index (χ0v) is 12.5. The standard InChI is InChI=1S/C15H23NOS/c1-10-5-6-12(11(2)14(10)17)16-13-9-18-8-7-15(13,3)4/h5-6,13,16-17H,7-9H2,1-4H3. The van der Waals surface area contributed by atoms with Gasteiger partial charge in [-0.3, -0.25) is 0 Å². The molecule has 0 saturated carbocycles. The summed E-state index contributed by atoms with van der Waals surface area (Å²) in [7, 11) is 0. The number of phenols is 1. The first kappa shape index (κ1) is 13.6. The normalized spacial score (nSPS) is 22.8. The molecule has 1 aliphatic heterocycles. The fraction of sp³-hybridized carbons (Fsp3) is 0.600. The van der Waals surface area contributed by atoms with Gasteiger partial charge in [-0.1, -0.05) is 19.9 Å². The predicted octanol–water partition coefficient (Wildman–Crippen LogP) is 3.95. The second-order valence-electron chi connectivity index (χ2n) is 5.91. The summed E-state index contributed by atoms with van der Waals surface area (Å²) in [4.78, 5) is 0. The Morgan fingerprint density at radius 2 is 2.06 bits per heavy atom. The van der Waals surface area contributed by atoms with Gasteiger partial charge >= 0.3 is 0 Å². The lowest BCUT2D eigenvalue weighted by atomic mass is 9.82. The van der Waals surface area contributed by atoms with Crippen LogP contribution in [0.15, 0.2) is 12.1 Å². The Labute approximate surface area is 114 Å². The first-order valence-corrected chi connectivity index (χ1v) is 7.71. The Balaban J connectivity index is 2.21. The third-order valence-corrected chi connectivity index (χ3v) is 5.14. The summed E-state index contributed by atoms with van der Waals surface area (Å²) in [6.45, 7) is 8.57. The van der Waals surface area contributed by atoms with E-state index in [4.69, 9.17) is 0 Å². The summed E-state index contributed by atoms with van der Waals surface area (Å²) >= 11 is 2.01. The molecule has 0 radical (unpaired) electrons. The van der Waals surface area contributed by atoms with E-state index in [-0.39, 0.29) is 0 Å². The van der Waals surface area contributed by atoms with E-state index in [0.717, 1.165) is 22.6 Å². The number of hydrogen-bond acceptors (Lipinski definition) is 3. The van der Waals surface area contributed by atoms with Gasteiger partial charge in [-0.15, -0.1) is 0 Å². The summed E-state index contributed by atoms with van der Waals surface area (Å²) in [5.74, 6) is 2.81. The van der Waals surface area contributed by atoms with Crippen molar-refractivity contribution in [3.63, 3.8) is 0 Å². The summed E-state index contributed by atoms with van der Waals surface area (Å²) in [6, 6.07) is 4.53. The Kier molecular flexibility index (Phi) is 3.81. The lowest BCUT2D eigenvalue weighted by Gasteiger charge is -2.39. The van der Waals surface area contributed by atoms with Crippen molar-refractivity contribution in [2.75, 3.05) is 16.8 Å². The fourth-order valence-electron chi connectivity index (χ4n) is 2.35. The van der Waals surface area contributed by atoms with Crippen molar-refractivity contribution in [3.05, 3.63) is 23.3 Å². The van der Waals surface area contributed by atoms with Gasteiger partial charge in [-0.2, -0.15) is 11.8 Å². The molecule has 2 rings (SSSR count). The molecule has 1 aromatic rings. The maximum atomic E-state index is 10.0. The van der Waals surface area contributed by atoms with Crippen LogP contribution >= 0.6 is 11.8 Å². The van der Waals surface area contributed by atoms with E-state index >= 15 is 0 Å². The first-order valence-electron chi connectivity index (χ1n) is 6.55. The lowest BCUT2D eigenvalue weighted by molar-refractivity contribution is 0.305. The van der Waals surface area contributed by atoms with E-state index in [1.54, 1.807) is 0 Å². The summed E-state index contributed by atoms with van der Waals surface area (Å²) in [5, 5.41) is 13.6. The highest BCUT2D eigenvalue weighted by molar-refractivity contribution is 7.99. The molecule has 1 aliphatic rings. The maximum absolute atomic E-state index is 10.0. The second kappa shape index (κ2) is 5.04. The molecule has 1 unspecified atom stereocenters. The zero-order chi connectivity index (χ0) is 13.3. The summed E-state index contributed by atoms with van der Waals surface area (Å²) in [6.07, 6.45) is 1.24. The third-order valence-electron chi connectivity index (χ3n) is 4.08.